The summed E-state index contributed by atoms with van der Waals surface area (Å²) in [6, 6.07) is 0. The SMILES string of the molecule is NCCNc1nc(NO)nc(NCC(F)(F)F)n1. The summed E-state index contributed by atoms with van der Waals surface area (Å²) >= 11 is 0. The van der Waals surface area contributed by atoms with Crippen LogP contribution in [0.3, 0.4) is 0 Å². The summed E-state index contributed by atoms with van der Waals surface area (Å²) in [7, 11) is 0. The fraction of sp³-hybridized carbons (Fsp3) is 0.571. The minimum atomic E-state index is -4.40. The van der Waals surface area contributed by atoms with Crippen molar-refractivity contribution in [2.45, 2.75) is 6.18 Å². The van der Waals surface area contributed by atoms with Gasteiger partial charge in [-0.05, 0) is 0 Å². The molecule has 0 aliphatic rings. The van der Waals surface area contributed by atoms with Crippen molar-refractivity contribution in [3.63, 3.8) is 0 Å². The van der Waals surface area contributed by atoms with Gasteiger partial charge in [-0.1, -0.05) is 0 Å². The lowest BCUT2D eigenvalue weighted by molar-refractivity contribution is -0.115. The van der Waals surface area contributed by atoms with Crippen molar-refractivity contribution in [2.75, 3.05) is 35.7 Å². The fourth-order valence-corrected chi connectivity index (χ4v) is 0.947. The van der Waals surface area contributed by atoms with E-state index >= 15 is 0 Å². The molecule has 8 nitrogen and oxygen atoms in total. The van der Waals surface area contributed by atoms with E-state index in [0.29, 0.717) is 13.1 Å². The summed E-state index contributed by atoms with van der Waals surface area (Å²) in [5.74, 6) is -0.607. The van der Waals surface area contributed by atoms with Crippen LogP contribution in [-0.2, 0) is 0 Å². The molecule has 0 bridgehead atoms. The van der Waals surface area contributed by atoms with Gasteiger partial charge < -0.3 is 16.4 Å². The van der Waals surface area contributed by atoms with E-state index in [2.05, 4.69) is 20.3 Å². The highest BCUT2D eigenvalue weighted by molar-refractivity contribution is 5.41. The average Bonchev–Trinajstić information content (AvgIpc) is 2.32. The molecule has 1 rings (SSSR count). The summed E-state index contributed by atoms with van der Waals surface area (Å²) in [4.78, 5) is 10.8. The van der Waals surface area contributed by atoms with Gasteiger partial charge >= 0.3 is 6.18 Å². The third-order valence-electron chi connectivity index (χ3n) is 1.61. The molecule has 0 fully saturated rings. The Kier molecular flexibility index (Phi) is 4.85. The molecule has 0 saturated heterocycles. The molecule has 0 unspecified atom stereocenters. The summed E-state index contributed by atoms with van der Waals surface area (Å²) in [5, 5.41) is 13.2. The summed E-state index contributed by atoms with van der Waals surface area (Å²) in [5.41, 5.74) is 6.86. The van der Waals surface area contributed by atoms with Crippen molar-refractivity contribution in [1.82, 2.24) is 15.0 Å². The summed E-state index contributed by atoms with van der Waals surface area (Å²) in [6.45, 7) is -0.676. The highest BCUT2D eigenvalue weighted by atomic mass is 19.4. The van der Waals surface area contributed by atoms with Gasteiger partial charge in [-0.15, -0.1) is 0 Å². The zero-order chi connectivity index (χ0) is 13.6. The first kappa shape index (κ1) is 14.2. The number of nitrogens with two attached hydrogens (primary N) is 1. The molecule has 6 N–H and O–H groups in total. The molecule has 0 atom stereocenters. The number of hydrogen-bond donors (Lipinski definition) is 5. The lowest BCUT2D eigenvalue weighted by Crippen LogP contribution is -2.23. The predicted molar refractivity (Wildman–Crippen MR) is 57.3 cm³/mol. The van der Waals surface area contributed by atoms with E-state index in [-0.39, 0.29) is 17.8 Å². The van der Waals surface area contributed by atoms with E-state index in [1.54, 1.807) is 5.48 Å². The Hall–Kier alpha value is -1.88. The number of hydrogen-bond acceptors (Lipinski definition) is 8. The van der Waals surface area contributed by atoms with Gasteiger partial charge in [0, 0.05) is 13.1 Å². The molecule has 0 amide bonds. The van der Waals surface area contributed by atoms with Crippen LogP contribution in [0.15, 0.2) is 0 Å². The Morgan fingerprint density at radius 2 is 1.61 bits per heavy atom. The van der Waals surface area contributed by atoms with Gasteiger partial charge in [-0.25, -0.2) is 5.48 Å². The quantitative estimate of drug-likeness (QED) is 0.457. The van der Waals surface area contributed by atoms with Crippen molar-refractivity contribution in [1.29, 1.82) is 0 Å². The van der Waals surface area contributed by atoms with Crippen LogP contribution in [0.25, 0.3) is 0 Å². The summed E-state index contributed by atoms with van der Waals surface area (Å²) in [6.07, 6.45) is -4.40. The number of halogens is 3. The molecule has 18 heavy (non-hydrogen) atoms. The van der Waals surface area contributed by atoms with Crippen LogP contribution in [0, 0.1) is 0 Å². The molecule has 0 radical (unpaired) electrons. The zero-order valence-corrected chi connectivity index (χ0v) is 9.12. The molecule has 0 saturated carbocycles. The van der Waals surface area contributed by atoms with Crippen LogP contribution in [0.1, 0.15) is 0 Å². The van der Waals surface area contributed by atoms with Crippen LogP contribution >= 0.6 is 0 Å². The highest BCUT2D eigenvalue weighted by Gasteiger charge is 2.27. The van der Waals surface area contributed by atoms with E-state index in [4.69, 9.17) is 10.9 Å². The lowest BCUT2D eigenvalue weighted by atomic mass is 10.6. The number of alkyl halides is 3. The lowest BCUT2D eigenvalue weighted by Gasteiger charge is -2.10. The first-order valence-corrected chi connectivity index (χ1v) is 4.85. The highest BCUT2D eigenvalue weighted by Crippen LogP contribution is 2.15. The van der Waals surface area contributed by atoms with Crippen molar-refractivity contribution in [3.8, 4) is 0 Å². The maximum atomic E-state index is 12.0. The topological polar surface area (TPSA) is 121 Å². The smallest absolute Gasteiger partial charge is 0.353 e. The van der Waals surface area contributed by atoms with Crippen LogP contribution in [0.4, 0.5) is 31.0 Å². The predicted octanol–water partition coefficient (Wildman–Crippen LogP) is 0.0175. The van der Waals surface area contributed by atoms with Crippen LogP contribution in [-0.4, -0.2) is 46.0 Å². The Balaban J connectivity index is 2.76. The molecular weight excluding hydrogens is 255 g/mol. The van der Waals surface area contributed by atoms with Gasteiger partial charge in [0.05, 0.1) is 0 Å². The first-order chi connectivity index (χ1) is 8.44. The number of nitrogens with one attached hydrogen (secondary N) is 3. The minimum Gasteiger partial charge on any atom is -0.353 e. The number of anilines is 3. The van der Waals surface area contributed by atoms with Crippen molar-refractivity contribution >= 4 is 17.8 Å². The molecule has 1 aromatic rings. The molecule has 0 aliphatic heterocycles. The molecule has 0 aliphatic carbocycles. The van der Waals surface area contributed by atoms with Gasteiger partial charge in [0.25, 0.3) is 5.95 Å². The molecule has 102 valence electrons. The van der Waals surface area contributed by atoms with Gasteiger partial charge in [-0.3, -0.25) is 5.21 Å². The largest absolute Gasteiger partial charge is 0.405 e. The van der Waals surface area contributed by atoms with Gasteiger partial charge in [0.1, 0.15) is 6.54 Å². The Bertz CT molecular complexity index is 386. The second-order valence-corrected chi connectivity index (χ2v) is 3.10. The molecule has 0 aromatic carbocycles. The average molecular weight is 267 g/mol. The van der Waals surface area contributed by atoms with E-state index in [1.165, 1.54) is 0 Å². The van der Waals surface area contributed by atoms with Gasteiger partial charge in [-0.2, -0.15) is 28.1 Å². The number of nitrogens with zero attached hydrogens (tertiary/aromatic N) is 3. The summed E-state index contributed by atoms with van der Waals surface area (Å²) < 4.78 is 36.0. The van der Waals surface area contributed by atoms with Crippen LogP contribution in [0.2, 0.25) is 0 Å². The number of rotatable bonds is 6. The van der Waals surface area contributed by atoms with Gasteiger partial charge in [0.2, 0.25) is 11.9 Å². The van der Waals surface area contributed by atoms with E-state index in [0.717, 1.165) is 0 Å². The van der Waals surface area contributed by atoms with Crippen molar-refractivity contribution in [3.05, 3.63) is 0 Å². The normalized spacial score (nSPS) is 11.2. The maximum Gasteiger partial charge on any atom is 0.405 e. The van der Waals surface area contributed by atoms with E-state index in [1.807, 2.05) is 5.32 Å². The van der Waals surface area contributed by atoms with Crippen LogP contribution in [0.5, 0.6) is 0 Å². The standard InChI is InChI=1S/C7H12F3N7O/c8-7(9,10)3-13-5-14-4(12-2-1-11)15-6(16-5)17-18/h18H,1-3,11H2,(H3,12,13,14,15,16,17). The molecule has 1 heterocycles. The van der Waals surface area contributed by atoms with Crippen molar-refractivity contribution < 1.29 is 18.4 Å². The van der Waals surface area contributed by atoms with Crippen molar-refractivity contribution in [2.24, 2.45) is 5.73 Å². The minimum absolute atomic E-state index is 0.00308. The first-order valence-electron chi connectivity index (χ1n) is 4.85. The number of aromatic nitrogens is 3. The van der Waals surface area contributed by atoms with E-state index in [9.17, 15) is 13.2 Å². The third-order valence-corrected chi connectivity index (χ3v) is 1.61. The van der Waals surface area contributed by atoms with Gasteiger partial charge in [0.15, 0.2) is 0 Å². The maximum absolute atomic E-state index is 12.0. The second kappa shape index (κ2) is 6.16. The Labute approximate surface area is 99.8 Å². The van der Waals surface area contributed by atoms with E-state index < -0.39 is 12.7 Å². The Morgan fingerprint density at radius 3 is 2.11 bits per heavy atom. The third kappa shape index (κ3) is 4.97. The molecule has 11 heteroatoms. The fourth-order valence-electron chi connectivity index (χ4n) is 0.947. The van der Waals surface area contributed by atoms with Crippen LogP contribution < -0.4 is 21.8 Å². The second-order valence-electron chi connectivity index (χ2n) is 3.10. The monoisotopic (exact) mass is 267 g/mol. The Morgan fingerprint density at radius 1 is 1.06 bits per heavy atom. The molecular formula is C7H12F3N7O. The molecule has 0 spiro atoms. The zero-order valence-electron chi connectivity index (χ0n) is 9.12. The molecule has 1 aromatic heterocycles.